The first-order valence-electron chi connectivity index (χ1n) is 4.52. The van der Waals surface area contributed by atoms with Crippen molar-refractivity contribution in [3.05, 3.63) is 0 Å². The summed E-state index contributed by atoms with van der Waals surface area (Å²) in [5, 5.41) is 20.7. The minimum atomic E-state index is -0.821. The van der Waals surface area contributed by atoms with Crippen LogP contribution in [0.15, 0.2) is 0 Å². The molecule has 14 heavy (non-hydrogen) atoms. The molecule has 3 N–H and O–H groups in total. The van der Waals surface area contributed by atoms with Gasteiger partial charge in [-0.2, -0.15) is 0 Å². The second kappa shape index (κ2) is 3.30. The Morgan fingerprint density at radius 3 is 2.21 bits per heavy atom. The van der Waals surface area contributed by atoms with Crippen molar-refractivity contribution >= 4 is 11.8 Å². The van der Waals surface area contributed by atoms with Crippen molar-refractivity contribution in [2.24, 2.45) is 0 Å². The Labute approximate surface area is 80.5 Å². The van der Waals surface area contributed by atoms with Gasteiger partial charge in [0.25, 0.3) is 0 Å². The summed E-state index contributed by atoms with van der Waals surface area (Å²) < 4.78 is 0. The van der Waals surface area contributed by atoms with Crippen LogP contribution in [0.25, 0.3) is 0 Å². The maximum Gasteiger partial charge on any atom is 0.244 e. The quantitative estimate of drug-likeness (QED) is 0.405. The molecule has 3 atom stereocenters. The van der Waals surface area contributed by atoms with Gasteiger partial charge in [-0.1, -0.05) is 0 Å². The van der Waals surface area contributed by atoms with Crippen molar-refractivity contribution in [2.75, 3.05) is 13.1 Å². The van der Waals surface area contributed by atoms with E-state index in [-0.39, 0.29) is 31.3 Å². The molecule has 0 aliphatic carbocycles. The van der Waals surface area contributed by atoms with Crippen LogP contribution < -0.4 is 5.32 Å². The molecule has 78 valence electrons. The largest absolute Gasteiger partial charge is 0.389 e. The van der Waals surface area contributed by atoms with Gasteiger partial charge in [-0.3, -0.25) is 19.8 Å². The molecule has 0 spiro atoms. The number of amides is 2. The first-order chi connectivity index (χ1) is 6.58. The van der Waals surface area contributed by atoms with E-state index in [2.05, 4.69) is 5.32 Å². The van der Waals surface area contributed by atoms with Crippen LogP contribution in [0, 0.1) is 0 Å². The van der Waals surface area contributed by atoms with Gasteiger partial charge in [-0.05, 0) is 0 Å². The fourth-order valence-electron chi connectivity index (χ4n) is 1.89. The van der Waals surface area contributed by atoms with Crippen LogP contribution in [0.3, 0.4) is 0 Å². The second-order valence-electron chi connectivity index (χ2n) is 3.72. The molecule has 2 rings (SSSR count). The van der Waals surface area contributed by atoms with E-state index < -0.39 is 18.2 Å². The number of nitrogens with zero attached hydrogens (tertiary/aromatic N) is 1. The van der Waals surface area contributed by atoms with Crippen molar-refractivity contribution in [3.63, 3.8) is 0 Å². The Hall–Kier alpha value is -0.980. The van der Waals surface area contributed by atoms with E-state index in [0.717, 1.165) is 0 Å². The molecule has 0 radical (unpaired) electrons. The number of aliphatic hydroxyl groups is 2. The Bertz CT molecular complexity index is 271. The van der Waals surface area contributed by atoms with E-state index in [9.17, 15) is 19.8 Å². The minimum Gasteiger partial charge on any atom is -0.389 e. The predicted octanol–water partition coefficient (Wildman–Crippen LogP) is -2.56. The highest BCUT2D eigenvalue weighted by Crippen LogP contribution is 2.18. The van der Waals surface area contributed by atoms with Gasteiger partial charge >= 0.3 is 0 Å². The van der Waals surface area contributed by atoms with Crippen molar-refractivity contribution < 1.29 is 19.8 Å². The van der Waals surface area contributed by atoms with Crippen molar-refractivity contribution in [3.8, 4) is 0 Å². The van der Waals surface area contributed by atoms with E-state index in [4.69, 9.17) is 0 Å². The molecule has 2 aliphatic heterocycles. The molecule has 6 nitrogen and oxygen atoms in total. The highest BCUT2D eigenvalue weighted by atomic mass is 16.3. The first kappa shape index (κ1) is 9.57. The van der Waals surface area contributed by atoms with Crippen LogP contribution in [0.5, 0.6) is 0 Å². The topological polar surface area (TPSA) is 89.9 Å². The zero-order chi connectivity index (χ0) is 10.3. The number of aliphatic hydroxyl groups excluding tert-OH is 2. The molecule has 0 bridgehead atoms. The van der Waals surface area contributed by atoms with Gasteiger partial charge in [0.05, 0.1) is 24.7 Å². The Morgan fingerprint density at radius 2 is 1.79 bits per heavy atom. The minimum absolute atomic E-state index is 0.123. The van der Waals surface area contributed by atoms with Gasteiger partial charge in [0.2, 0.25) is 11.8 Å². The van der Waals surface area contributed by atoms with Gasteiger partial charge in [0, 0.05) is 13.1 Å². The van der Waals surface area contributed by atoms with Gasteiger partial charge in [0.1, 0.15) is 0 Å². The molecule has 0 saturated carbocycles. The standard InChI is InChI=1S/C8H12N2O4/c11-5-2-10(3-6(5)12)4-1-7(13)9-8(4)14/h4-6,11-12H,1-3H2,(H,9,13,14)/t4?,5-,6+. The Balaban J connectivity index is 2.03. The third-order valence-corrected chi connectivity index (χ3v) is 2.67. The molecule has 0 aromatic carbocycles. The lowest BCUT2D eigenvalue weighted by Gasteiger charge is -2.19. The molecule has 2 aliphatic rings. The highest BCUT2D eigenvalue weighted by molar-refractivity contribution is 6.05. The van der Waals surface area contributed by atoms with Crippen LogP contribution in [0.4, 0.5) is 0 Å². The maximum atomic E-state index is 11.2. The summed E-state index contributed by atoms with van der Waals surface area (Å²) >= 11 is 0. The molecular formula is C8H12N2O4. The lowest BCUT2D eigenvalue weighted by molar-refractivity contribution is -0.126. The number of hydrogen-bond donors (Lipinski definition) is 3. The summed E-state index contributed by atoms with van der Waals surface area (Å²) in [5.74, 6) is -0.632. The summed E-state index contributed by atoms with van der Waals surface area (Å²) in [6.45, 7) is 0.485. The number of imide groups is 1. The van der Waals surface area contributed by atoms with E-state index >= 15 is 0 Å². The monoisotopic (exact) mass is 200 g/mol. The summed E-state index contributed by atoms with van der Waals surface area (Å²) in [5.41, 5.74) is 0. The van der Waals surface area contributed by atoms with Crippen molar-refractivity contribution in [2.45, 2.75) is 24.7 Å². The summed E-state index contributed by atoms with van der Waals surface area (Å²) in [6, 6.07) is -0.519. The van der Waals surface area contributed by atoms with E-state index in [1.807, 2.05) is 0 Å². The summed E-state index contributed by atoms with van der Waals surface area (Å²) in [7, 11) is 0. The van der Waals surface area contributed by atoms with Crippen LogP contribution in [-0.4, -0.2) is 58.3 Å². The number of carbonyl (C=O) groups is 2. The normalized spacial score (nSPS) is 39.1. The van der Waals surface area contributed by atoms with Gasteiger partial charge in [-0.25, -0.2) is 0 Å². The summed E-state index contributed by atoms with van der Waals surface area (Å²) in [6.07, 6.45) is -1.52. The molecule has 2 saturated heterocycles. The van der Waals surface area contributed by atoms with Gasteiger partial charge < -0.3 is 10.2 Å². The second-order valence-corrected chi connectivity index (χ2v) is 3.72. The molecule has 1 unspecified atom stereocenters. The fourth-order valence-corrected chi connectivity index (χ4v) is 1.89. The van der Waals surface area contributed by atoms with E-state index in [1.165, 1.54) is 0 Å². The summed E-state index contributed by atoms with van der Waals surface area (Å²) in [4.78, 5) is 23.8. The molecule has 6 heteroatoms. The third kappa shape index (κ3) is 1.52. The van der Waals surface area contributed by atoms with Gasteiger partial charge in [-0.15, -0.1) is 0 Å². The molecule has 2 fully saturated rings. The predicted molar refractivity (Wildman–Crippen MR) is 45.1 cm³/mol. The Kier molecular flexibility index (Phi) is 2.26. The average molecular weight is 200 g/mol. The zero-order valence-electron chi connectivity index (χ0n) is 7.51. The molecule has 2 amide bonds. The lowest BCUT2D eigenvalue weighted by Crippen LogP contribution is -2.39. The number of rotatable bonds is 1. The number of likely N-dealkylation sites (tertiary alicyclic amines) is 1. The maximum absolute atomic E-state index is 11.2. The first-order valence-corrected chi connectivity index (χ1v) is 4.52. The third-order valence-electron chi connectivity index (χ3n) is 2.67. The number of hydrogen-bond acceptors (Lipinski definition) is 5. The van der Waals surface area contributed by atoms with Crippen LogP contribution in [-0.2, 0) is 9.59 Å². The van der Waals surface area contributed by atoms with Crippen LogP contribution >= 0.6 is 0 Å². The average Bonchev–Trinajstić information content (AvgIpc) is 2.57. The number of β-amino-alcohol motifs (C(OH)–C–C–N with tert-alkyl or cyclic N) is 2. The SMILES string of the molecule is O=C1CC(N2C[C@@H](O)[C@@H](O)C2)C(=O)N1. The molecule has 0 aromatic rings. The van der Waals surface area contributed by atoms with Gasteiger partial charge in [0.15, 0.2) is 0 Å². The smallest absolute Gasteiger partial charge is 0.244 e. The van der Waals surface area contributed by atoms with Crippen LogP contribution in [0.2, 0.25) is 0 Å². The molecule has 0 aromatic heterocycles. The Morgan fingerprint density at radius 1 is 1.21 bits per heavy atom. The number of nitrogens with one attached hydrogen (secondary N) is 1. The van der Waals surface area contributed by atoms with E-state index in [0.29, 0.717) is 0 Å². The fraction of sp³-hybridized carbons (Fsp3) is 0.750. The van der Waals surface area contributed by atoms with E-state index in [1.54, 1.807) is 4.90 Å². The molecule has 2 heterocycles. The van der Waals surface area contributed by atoms with Crippen LogP contribution in [0.1, 0.15) is 6.42 Å². The highest BCUT2D eigenvalue weighted by Gasteiger charge is 2.41. The zero-order valence-corrected chi connectivity index (χ0v) is 7.51. The molecular weight excluding hydrogens is 188 g/mol. The number of carbonyl (C=O) groups excluding carboxylic acids is 2. The lowest BCUT2D eigenvalue weighted by atomic mass is 10.2. The van der Waals surface area contributed by atoms with Crippen molar-refractivity contribution in [1.82, 2.24) is 10.2 Å². The van der Waals surface area contributed by atoms with Crippen molar-refractivity contribution in [1.29, 1.82) is 0 Å².